The number of carboxylic acid groups (broad SMARTS) is 2. The van der Waals surface area contributed by atoms with E-state index in [1.54, 1.807) is 13.8 Å². The lowest BCUT2D eigenvalue weighted by Gasteiger charge is -2.10. The predicted molar refractivity (Wildman–Crippen MR) is 189 cm³/mol. The normalized spacial score (nSPS) is 10.8. The fourth-order valence-corrected chi connectivity index (χ4v) is 3.52. The number of hydrogen-bond donors (Lipinski definition) is 4. The molecule has 4 aromatic rings. The van der Waals surface area contributed by atoms with Crippen molar-refractivity contribution in [3.8, 4) is 0 Å². The number of nitrogens with two attached hydrogens (primary N) is 1. The number of Topliss-reactive ketones (excluding diaryl/α,β-unsaturated/α-hetero) is 2. The monoisotopic (exact) mass is 653 g/mol. The fourth-order valence-electron chi connectivity index (χ4n) is 3.52. The molecule has 10 heteroatoms. The van der Waals surface area contributed by atoms with Crippen LogP contribution >= 0.6 is 0 Å². The van der Waals surface area contributed by atoms with Crippen molar-refractivity contribution in [3.63, 3.8) is 0 Å². The SMILES string of the molecule is CC(=O)C(C)N=C(c1ccccc1)c1ccccc1.CC(=O)CN=C(c1ccccc1)c1ccccc1.CC(N)C(=O)O.O=C(O)CO. The fraction of sp³-hybridized carbons (Fsp3) is 0.211. The number of carbonyl (C=O) groups excluding carboxylic acids is 2. The van der Waals surface area contributed by atoms with Crippen LogP contribution in [0.3, 0.4) is 0 Å². The summed E-state index contributed by atoms with van der Waals surface area (Å²) in [7, 11) is 0. The Labute approximate surface area is 281 Å². The van der Waals surface area contributed by atoms with E-state index in [9.17, 15) is 14.4 Å². The van der Waals surface area contributed by atoms with Gasteiger partial charge in [0.1, 0.15) is 18.7 Å². The zero-order chi connectivity index (χ0) is 35.9. The second kappa shape index (κ2) is 22.8. The second-order valence-electron chi connectivity index (χ2n) is 10.3. The largest absolute Gasteiger partial charge is 0.480 e. The Balaban J connectivity index is 0.000000368. The Morgan fingerprint density at radius 3 is 1.15 bits per heavy atom. The topological polar surface area (TPSA) is 180 Å². The summed E-state index contributed by atoms with van der Waals surface area (Å²) in [5.41, 5.74) is 10.7. The number of carboxylic acids is 2. The third kappa shape index (κ3) is 16.6. The van der Waals surface area contributed by atoms with Crippen LogP contribution in [0.25, 0.3) is 0 Å². The van der Waals surface area contributed by atoms with E-state index in [-0.39, 0.29) is 24.2 Å². The maximum atomic E-state index is 11.4. The van der Waals surface area contributed by atoms with Crippen LogP contribution in [0.2, 0.25) is 0 Å². The molecule has 4 aromatic carbocycles. The summed E-state index contributed by atoms with van der Waals surface area (Å²) in [6, 6.07) is 38.7. The van der Waals surface area contributed by atoms with Gasteiger partial charge in [0.15, 0.2) is 11.6 Å². The number of aliphatic hydroxyl groups is 1. The smallest absolute Gasteiger partial charge is 0.329 e. The van der Waals surface area contributed by atoms with Gasteiger partial charge in [0.25, 0.3) is 0 Å². The molecule has 0 aliphatic rings. The maximum Gasteiger partial charge on any atom is 0.329 e. The molecule has 252 valence electrons. The lowest BCUT2D eigenvalue weighted by Crippen LogP contribution is -2.25. The van der Waals surface area contributed by atoms with Crippen molar-refractivity contribution < 1.29 is 34.5 Å². The molecule has 0 fully saturated rings. The van der Waals surface area contributed by atoms with Gasteiger partial charge in [-0.2, -0.15) is 0 Å². The Hall–Kier alpha value is -5.58. The quantitative estimate of drug-likeness (QED) is 0.171. The third-order valence-corrected chi connectivity index (χ3v) is 6.08. The molecule has 48 heavy (non-hydrogen) atoms. The summed E-state index contributed by atoms with van der Waals surface area (Å²) in [5.74, 6) is -2.01. The molecular formula is C38H43N3O7. The van der Waals surface area contributed by atoms with Crippen LogP contribution in [-0.4, -0.2) is 75.5 Å². The average molecular weight is 654 g/mol. The van der Waals surface area contributed by atoms with E-state index in [2.05, 4.69) is 9.98 Å². The number of aliphatic carboxylic acids is 2. The van der Waals surface area contributed by atoms with Crippen molar-refractivity contribution in [2.24, 2.45) is 15.7 Å². The van der Waals surface area contributed by atoms with Crippen LogP contribution in [0.1, 0.15) is 49.9 Å². The molecule has 0 heterocycles. The molecule has 0 aromatic heterocycles. The first-order valence-electron chi connectivity index (χ1n) is 15.0. The van der Waals surface area contributed by atoms with Crippen molar-refractivity contribution in [3.05, 3.63) is 144 Å². The maximum absolute atomic E-state index is 11.4. The number of hydrogen-bond acceptors (Lipinski definition) is 8. The predicted octanol–water partition coefficient (Wildman–Crippen LogP) is 5.10. The third-order valence-electron chi connectivity index (χ3n) is 6.08. The first kappa shape index (κ1) is 40.4. The molecule has 0 amide bonds. The molecule has 2 unspecified atom stereocenters. The standard InChI is InChI=1S/C17H17NO.C16H15NO.C3H7NO2.C2H4O3/c1-13(14(2)19)18-17(15-9-5-3-6-10-15)16-11-7-4-8-12-16;1-13(18)12-17-16(14-8-4-2-5-9-14)15-10-6-3-7-11-15;1-2(4)3(5)6;3-1-2(4)5/h3-13H,1-2H3;2-11H,12H2,1H3;2H,4H2,1H3,(H,5,6);3H,1H2,(H,4,5). The van der Waals surface area contributed by atoms with Gasteiger partial charge in [0, 0.05) is 22.3 Å². The molecule has 0 aliphatic heterocycles. The van der Waals surface area contributed by atoms with Gasteiger partial charge in [-0.05, 0) is 27.7 Å². The first-order chi connectivity index (χ1) is 22.9. The highest BCUT2D eigenvalue weighted by Crippen LogP contribution is 2.13. The van der Waals surface area contributed by atoms with Crippen molar-refractivity contribution in [1.29, 1.82) is 0 Å². The second-order valence-corrected chi connectivity index (χ2v) is 10.3. The van der Waals surface area contributed by atoms with Gasteiger partial charge in [-0.3, -0.25) is 24.4 Å². The minimum atomic E-state index is -1.19. The van der Waals surface area contributed by atoms with E-state index in [1.165, 1.54) is 6.92 Å². The van der Waals surface area contributed by atoms with Crippen molar-refractivity contribution in [2.75, 3.05) is 13.2 Å². The molecule has 10 nitrogen and oxygen atoms in total. The van der Waals surface area contributed by atoms with Gasteiger partial charge in [-0.25, -0.2) is 4.79 Å². The Morgan fingerprint density at radius 1 is 0.625 bits per heavy atom. The summed E-state index contributed by atoms with van der Waals surface area (Å²) in [5, 5.41) is 22.9. The van der Waals surface area contributed by atoms with Gasteiger partial charge in [0.05, 0.1) is 18.0 Å². The minimum absolute atomic E-state index is 0.0689. The lowest BCUT2D eigenvalue weighted by atomic mass is 10.0. The van der Waals surface area contributed by atoms with Crippen LogP contribution in [0, 0.1) is 0 Å². The van der Waals surface area contributed by atoms with E-state index >= 15 is 0 Å². The molecule has 2 atom stereocenters. The molecule has 0 radical (unpaired) electrons. The molecule has 0 saturated heterocycles. The molecule has 0 aliphatic carbocycles. The van der Waals surface area contributed by atoms with Crippen LogP contribution < -0.4 is 5.73 Å². The molecule has 0 bridgehead atoms. The van der Waals surface area contributed by atoms with Crippen molar-refractivity contribution in [2.45, 2.75) is 39.8 Å². The summed E-state index contributed by atoms with van der Waals surface area (Å²) in [6.07, 6.45) is 0. The highest BCUT2D eigenvalue weighted by molar-refractivity contribution is 6.14. The number of benzene rings is 4. The molecule has 0 spiro atoms. The summed E-state index contributed by atoms with van der Waals surface area (Å²) < 4.78 is 0. The van der Waals surface area contributed by atoms with Gasteiger partial charge in [-0.1, -0.05) is 121 Å². The number of aliphatic hydroxyl groups excluding tert-OH is 1. The zero-order valence-electron chi connectivity index (χ0n) is 27.6. The Kier molecular flexibility index (Phi) is 19.3. The van der Waals surface area contributed by atoms with Crippen molar-refractivity contribution in [1.82, 2.24) is 0 Å². The van der Waals surface area contributed by atoms with Gasteiger partial charge >= 0.3 is 11.9 Å². The summed E-state index contributed by atoms with van der Waals surface area (Å²) in [6.45, 7) is 5.81. The van der Waals surface area contributed by atoms with E-state index in [0.29, 0.717) is 0 Å². The summed E-state index contributed by atoms with van der Waals surface area (Å²) in [4.78, 5) is 50.2. The highest BCUT2D eigenvalue weighted by atomic mass is 16.4. The van der Waals surface area contributed by atoms with E-state index in [0.717, 1.165) is 33.7 Å². The lowest BCUT2D eigenvalue weighted by molar-refractivity contribution is -0.140. The van der Waals surface area contributed by atoms with Crippen LogP contribution in [0.4, 0.5) is 0 Å². The van der Waals surface area contributed by atoms with E-state index in [4.69, 9.17) is 25.8 Å². The van der Waals surface area contributed by atoms with E-state index < -0.39 is 24.6 Å². The number of nitrogens with zero attached hydrogens (tertiary/aromatic N) is 2. The van der Waals surface area contributed by atoms with Crippen molar-refractivity contribution >= 4 is 34.9 Å². The minimum Gasteiger partial charge on any atom is -0.480 e. The van der Waals surface area contributed by atoms with Crippen LogP contribution in [-0.2, 0) is 19.2 Å². The number of rotatable bonds is 10. The Bertz CT molecular complexity index is 1520. The van der Waals surface area contributed by atoms with Gasteiger partial charge in [-0.15, -0.1) is 0 Å². The number of ketones is 2. The molecular weight excluding hydrogens is 610 g/mol. The molecule has 0 saturated carbocycles. The van der Waals surface area contributed by atoms with Crippen LogP contribution in [0.15, 0.2) is 131 Å². The number of carbonyl (C=O) groups is 4. The van der Waals surface area contributed by atoms with Gasteiger partial charge in [0.2, 0.25) is 0 Å². The van der Waals surface area contributed by atoms with Gasteiger partial charge < -0.3 is 21.1 Å². The Morgan fingerprint density at radius 2 is 0.917 bits per heavy atom. The summed E-state index contributed by atoms with van der Waals surface area (Å²) >= 11 is 0. The first-order valence-corrected chi connectivity index (χ1v) is 15.0. The highest BCUT2D eigenvalue weighted by Gasteiger charge is 2.11. The molecule has 5 N–H and O–H groups in total. The zero-order valence-corrected chi connectivity index (χ0v) is 27.6. The number of aliphatic imine (C=N–C) groups is 2. The van der Waals surface area contributed by atoms with E-state index in [1.807, 2.05) is 128 Å². The molecule has 4 rings (SSSR count). The average Bonchev–Trinajstić information content (AvgIpc) is 3.09. The van der Waals surface area contributed by atoms with Crippen LogP contribution in [0.5, 0.6) is 0 Å².